The molecule has 1 aliphatic heterocycles. The Hall–Kier alpha value is -0.0800. The Morgan fingerprint density at radius 2 is 1.86 bits per heavy atom. The van der Waals surface area contributed by atoms with E-state index in [1.54, 1.807) is 0 Å². The molecule has 2 nitrogen and oxygen atoms in total. The van der Waals surface area contributed by atoms with Crippen LogP contribution in [0.2, 0.25) is 0 Å². The predicted molar refractivity (Wildman–Crippen MR) is 58.3 cm³/mol. The van der Waals surface area contributed by atoms with E-state index in [1.807, 2.05) is 0 Å². The van der Waals surface area contributed by atoms with Crippen LogP contribution < -0.4 is 0 Å². The topological polar surface area (TPSA) is 23.5 Å². The van der Waals surface area contributed by atoms with Gasteiger partial charge >= 0.3 is 0 Å². The molecule has 2 fully saturated rings. The molecule has 0 radical (unpaired) electrons. The Bertz CT molecular complexity index is 181. The average molecular weight is 197 g/mol. The number of rotatable bonds is 3. The zero-order valence-corrected chi connectivity index (χ0v) is 9.34. The Kier molecular flexibility index (Phi) is 3.13. The first-order chi connectivity index (χ1) is 6.77. The molecule has 0 aromatic heterocycles. The van der Waals surface area contributed by atoms with Gasteiger partial charge in [0, 0.05) is 12.1 Å². The lowest BCUT2D eigenvalue weighted by Crippen LogP contribution is -2.45. The molecule has 0 aromatic rings. The number of nitrogens with zero attached hydrogens (tertiary/aromatic N) is 1. The molecule has 1 spiro atoms. The third-order valence-electron chi connectivity index (χ3n) is 4.18. The summed E-state index contributed by atoms with van der Waals surface area (Å²) in [6.45, 7) is 4.20. The second-order valence-corrected chi connectivity index (χ2v) is 5.04. The molecular formula is C12H23NO. The van der Waals surface area contributed by atoms with E-state index in [2.05, 4.69) is 11.8 Å². The van der Waals surface area contributed by atoms with E-state index in [4.69, 9.17) is 0 Å². The maximum atomic E-state index is 9.72. The molecule has 1 saturated carbocycles. The molecule has 2 aliphatic rings. The fourth-order valence-electron chi connectivity index (χ4n) is 3.26. The molecule has 1 heterocycles. The summed E-state index contributed by atoms with van der Waals surface area (Å²) in [4.78, 5) is 2.58. The Balaban J connectivity index is 1.96. The minimum Gasteiger partial charge on any atom is -0.392 e. The van der Waals surface area contributed by atoms with Crippen LogP contribution in [0.4, 0.5) is 0 Å². The minimum atomic E-state index is -0.106. The monoisotopic (exact) mass is 197 g/mol. The lowest BCUT2D eigenvalue weighted by Gasteiger charge is -2.36. The first-order valence-corrected chi connectivity index (χ1v) is 6.20. The van der Waals surface area contributed by atoms with Gasteiger partial charge in [-0.2, -0.15) is 0 Å². The summed E-state index contributed by atoms with van der Waals surface area (Å²) in [5, 5.41) is 9.72. The van der Waals surface area contributed by atoms with Crippen LogP contribution in [-0.4, -0.2) is 34.7 Å². The third-order valence-corrected chi connectivity index (χ3v) is 4.18. The Labute approximate surface area is 87.3 Å². The second kappa shape index (κ2) is 4.19. The van der Waals surface area contributed by atoms with Gasteiger partial charge in [0.05, 0.1) is 6.10 Å². The number of hydrogen-bond acceptors (Lipinski definition) is 2. The number of aliphatic hydroxyl groups is 1. The average Bonchev–Trinajstić information content (AvgIpc) is 2.79. The standard InChI is InChI=1S/C12H23NO/c1-2-11(14)10-13-9-5-8-12(13)6-3-4-7-12/h11,14H,2-10H2,1H3. The molecule has 2 rings (SSSR count). The minimum absolute atomic E-state index is 0.106. The molecular weight excluding hydrogens is 174 g/mol. The van der Waals surface area contributed by atoms with Crippen molar-refractivity contribution in [3.05, 3.63) is 0 Å². The first kappa shape index (κ1) is 10.4. The molecule has 1 N–H and O–H groups in total. The van der Waals surface area contributed by atoms with Gasteiger partial charge in [-0.1, -0.05) is 19.8 Å². The van der Waals surface area contributed by atoms with E-state index >= 15 is 0 Å². The van der Waals surface area contributed by atoms with Crippen molar-refractivity contribution in [1.82, 2.24) is 4.90 Å². The van der Waals surface area contributed by atoms with Crippen LogP contribution in [0, 0.1) is 0 Å². The fourth-order valence-corrected chi connectivity index (χ4v) is 3.26. The van der Waals surface area contributed by atoms with Crippen molar-refractivity contribution in [1.29, 1.82) is 0 Å². The molecule has 82 valence electrons. The van der Waals surface area contributed by atoms with E-state index < -0.39 is 0 Å². The zero-order chi connectivity index (χ0) is 10.0. The molecule has 1 aliphatic carbocycles. The van der Waals surface area contributed by atoms with Crippen LogP contribution in [0.3, 0.4) is 0 Å². The summed E-state index contributed by atoms with van der Waals surface area (Å²) in [6.07, 6.45) is 9.07. The summed E-state index contributed by atoms with van der Waals surface area (Å²) in [7, 11) is 0. The normalized spacial score (nSPS) is 28.7. The van der Waals surface area contributed by atoms with E-state index in [-0.39, 0.29) is 6.10 Å². The van der Waals surface area contributed by atoms with E-state index in [0.29, 0.717) is 5.54 Å². The van der Waals surface area contributed by atoms with Gasteiger partial charge in [0.2, 0.25) is 0 Å². The van der Waals surface area contributed by atoms with Crippen LogP contribution >= 0.6 is 0 Å². The fraction of sp³-hybridized carbons (Fsp3) is 1.00. The van der Waals surface area contributed by atoms with Crippen LogP contribution in [0.5, 0.6) is 0 Å². The maximum Gasteiger partial charge on any atom is 0.0664 e. The summed E-state index contributed by atoms with van der Waals surface area (Å²) in [6, 6.07) is 0. The van der Waals surface area contributed by atoms with Crippen LogP contribution in [-0.2, 0) is 0 Å². The molecule has 1 unspecified atom stereocenters. The van der Waals surface area contributed by atoms with Crippen molar-refractivity contribution in [3.8, 4) is 0 Å². The Morgan fingerprint density at radius 3 is 2.50 bits per heavy atom. The van der Waals surface area contributed by atoms with Crippen molar-refractivity contribution >= 4 is 0 Å². The van der Waals surface area contributed by atoms with Gasteiger partial charge in [0.1, 0.15) is 0 Å². The van der Waals surface area contributed by atoms with Crippen molar-refractivity contribution in [2.45, 2.75) is 63.5 Å². The van der Waals surface area contributed by atoms with Crippen molar-refractivity contribution < 1.29 is 5.11 Å². The van der Waals surface area contributed by atoms with Crippen molar-refractivity contribution in [2.75, 3.05) is 13.1 Å². The van der Waals surface area contributed by atoms with Crippen molar-refractivity contribution in [2.24, 2.45) is 0 Å². The number of hydrogen-bond donors (Lipinski definition) is 1. The number of aliphatic hydroxyl groups excluding tert-OH is 1. The molecule has 0 amide bonds. The van der Waals surface area contributed by atoms with Gasteiger partial charge in [-0.15, -0.1) is 0 Å². The van der Waals surface area contributed by atoms with Gasteiger partial charge < -0.3 is 5.11 Å². The van der Waals surface area contributed by atoms with Gasteiger partial charge in [0.25, 0.3) is 0 Å². The smallest absolute Gasteiger partial charge is 0.0664 e. The molecule has 1 saturated heterocycles. The highest BCUT2D eigenvalue weighted by molar-refractivity contribution is 4.99. The van der Waals surface area contributed by atoms with Gasteiger partial charge in [0.15, 0.2) is 0 Å². The lowest BCUT2D eigenvalue weighted by molar-refractivity contribution is 0.0626. The predicted octanol–water partition coefficient (Wildman–Crippen LogP) is 2.17. The SMILES string of the molecule is CCC(O)CN1CCCC12CCCC2. The molecule has 1 atom stereocenters. The van der Waals surface area contributed by atoms with E-state index in [9.17, 15) is 5.11 Å². The van der Waals surface area contributed by atoms with Gasteiger partial charge in [-0.25, -0.2) is 0 Å². The molecule has 0 bridgehead atoms. The second-order valence-electron chi connectivity index (χ2n) is 5.04. The Morgan fingerprint density at radius 1 is 1.21 bits per heavy atom. The summed E-state index contributed by atoms with van der Waals surface area (Å²) in [5.41, 5.74) is 0.510. The summed E-state index contributed by atoms with van der Waals surface area (Å²) >= 11 is 0. The third kappa shape index (κ3) is 1.82. The quantitative estimate of drug-likeness (QED) is 0.749. The van der Waals surface area contributed by atoms with Crippen LogP contribution in [0.15, 0.2) is 0 Å². The van der Waals surface area contributed by atoms with Crippen molar-refractivity contribution in [3.63, 3.8) is 0 Å². The molecule has 2 heteroatoms. The molecule has 14 heavy (non-hydrogen) atoms. The highest BCUT2D eigenvalue weighted by atomic mass is 16.3. The highest BCUT2D eigenvalue weighted by Crippen LogP contribution is 2.42. The lowest BCUT2D eigenvalue weighted by atomic mass is 9.94. The summed E-state index contributed by atoms with van der Waals surface area (Å²) < 4.78 is 0. The zero-order valence-electron chi connectivity index (χ0n) is 9.34. The largest absolute Gasteiger partial charge is 0.392 e. The number of likely N-dealkylation sites (tertiary alicyclic amines) is 1. The maximum absolute atomic E-state index is 9.72. The van der Waals surface area contributed by atoms with E-state index in [1.165, 1.54) is 45.1 Å². The summed E-state index contributed by atoms with van der Waals surface area (Å²) in [5.74, 6) is 0. The van der Waals surface area contributed by atoms with Gasteiger partial charge in [-0.3, -0.25) is 4.90 Å². The van der Waals surface area contributed by atoms with E-state index in [0.717, 1.165) is 13.0 Å². The number of β-amino-alcohol motifs (C(OH)–C–C–N with tert-alkyl or cyclic N) is 1. The first-order valence-electron chi connectivity index (χ1n) is 6.20. The van der Waals surface area contributed by atoms with Crippen LogP contribution in [0.25, 0.3) is 0 Å². The highest BCUT2D eigenvalue weighted by Gasteiger charge is 2.42. The van der Waals surface area contributed by atoms with Gasteiger partial charge in [-0.05, 0) is 38.6 Å². The van der Waals surface area contributed by atoms with Crippen LogP contribution in [0.1, 0.15) is 51.9 Å². The molecule has 0 aromatic carbocycles.